The third kappa shape index (κ3) is 8.93. The van der Waals surface area contributed by atoms with Crippen molar-refractivity contribution in [1.29, 1.82) is 0 Å². The fourth-order valence-electron chi connectivity index (χ4n) is 9.25. The number of aliphatic hydroxyl groups excluding tert-OH is 3. The van der Waals surface area contributed by atoms with Gasteiger partial charge < -0.3 is 31.1 Å². The maximum absolute atomic E-state index is 12.6. The van der Waals surface area contributed by atoms with E-state index in [4.69, 9.17) is 0 Å². The lowest BCUT2D eigenvalue weighted by atomic mass is 9.45. The van der Waals surface area contributed by atoms with Gasteiger partial charge in [0.05, 0.1) is 18.3 Å². The third-order valence-electron chi connectivity index (χ3n) is 11.8. The SMILES string of the molecule is C=C(C=CC=C(CO)[C@H]1CC[C@]2([C@@H]1O)[C@H]1C(=C(C)C=O)[C@@H](C=C[C@H]1CCO)C[C@]2(O)CCNC)CCC=C(C)CN[C@H](C)Cc1ccccc1. The standard InChI is InChI=1S/C43H62N2O5/c1-30(11-9-13-31(2)27-45-33(4)25-34-14-7-6-8-15-34)12-10-16-37(29-48)38-19-21-43(41(38)49)40-35(20-24-46)17-18-36(39(40)32(3)28-47)26-42(43,50)22-23-44-5/h6-8,10,12-18,28,33,35-36,38,40-41,44-46,48-50H,1,9,11,19-27,29H2,2-5H3/t33-,35+,36+,38-,40-,41-,42-,43-/m1/s1. The Morgan fingerprint density at radius 2 is 1.92 bits per heavy atom. The van der Waals surface area contributed by atoms with Crippen molar-refractivity contribution in [2.45, 2.75) is 89.9 Å². The first-order chi connectivity index (χ1) is 24.0. The minimum atomic E-state index is -1.20. The average molecular weight is 687 g/mol. The molecule has 7 nitrogen and oxygen atoms in total. The molecule has 1 aromatic rings. The van der Waals surface area contributed by atoms with Gasteiger partial charge in [0.25, 0.3) is 0 Å². The minimum Gasteiger partial charge on any atom is -0.396 e. The predicted octanol–water partition coefficient (Wildman–Crippen LogP) is 5.78. The van der Waals surface area contributed by atoms with Gasteiger partial charge in [0.2, 0.25) is 0 Å². The fraction of sp³-hybridized carbons (Fsp3) is 0.558. The smallest absolute Gasteiger partial charge is 0.145 e. The normalized spacial score (nSPS) is 31.4. The van der Waals surface area contributed by atoms with E-state index in [1.807, 2.05) is 38.3 Å². The topological polar surface area (TPSA) is 122 Å². The van der Waals surface area contributed by atoms with Gasteiger partial charge in [-0.05, 0) is 114 Å². The van der Waals surface area contributed by atoms with E-state index in [1.165, 1.54) is 11.1 Å². The van der Waals surface area contributed by atoms with E-state index in [0.29, 0.717) is 50.3 Å². The number of hydrogen-bond donors (Lipinski definition) is 6. The van der Waals surface area contributed by atoms with Crippen LogP contribution < -0.4 is 10.6 Å². The Hall–Kier alpha value is -2.91. The molecule has 0 aliphatic heterocycles. The predicted molar refractivity (Wildman–Crippen MR) is 203 cm³/mol. The van der Waals surface area contributed by atoms with E-state index in [2.05, 4.69) is 73.6 Å². The molecule has 1 spiro atoms. The lowest BCUT2D eigenvalue weighted by molar-refractivity contribution is -0.194. The van der Waals surface area contributed by atoms with Gasteiger partial charge in [-0.15, -0.1) is 0 Å². The molecule has 0 unspecified atom stereocenters. The Labute approximate surface area is 300 Å². The minimum absolute atomic E-state index is 0.0230. The number of aldehydes is 1. The molecule has 0 radical (unpaired) electrons. The second-order valence-corrected chi connectivity index (χ2v) is 15.1. The number of carbonyl (C=O) groups is 1. The molecule has 6 N–H and O–H groups in total. The zero-order valence-electron chi connectivity index (χ0n) is 30.8. The molecule has 3 aliphatic carbocycles. The van der Waals surface area contributed by atoms with Crippen LogP contribution in [0.4, 0.5) is 0 Å². The van der Waals surface area contributed by atoms with E-state index in [0.717, 1.165) is 48.8 Å². The van der Waals surface area contributed by atoms with Gasteiger partial charge in [-0.2, -0.15) is 0 Å². The maximum atomic E-state index is 12.6. The Balaban J connectivity index is 1.45. The molecule has 1 aromatic carbocycles. The van der Waals surface area contributed by atoms with Crippen molar-refractivity contribution in [3.8, 4) is 0 Å². The molecule has 2 bridgehead atoms. The first-order valence-corrected chi connectivity index (χ1v) is 18.6. The van der Waals surface area contributed by atoms with Crippen LogP contribution in [0.5, 0.6) is 0 Å². The summed E-state index contributed by atoms with van der Waals surface area (Å²) in [5.41, 5.74) is 3.85. The molecule has 8 atom stereocenters. The van der Waals surface area contributed by atoms with Crippen molar-refractivity contribution in [2.75, 3.05) is 33.4 Å². The number of hydrogen-bond acceptors (Lipinski definition) is 7. The Morgan fingerprint density at radius 1 is 1.16 bits per heavy atom. The van der Waals surface area contributed by atoms with E-state index in [1.54, 1.807) is 0 Å². The zero-order valence-corrected chi connectivity index (χ0v) is 30.8. The number of nitrogens with one attached hydrogen (secondary N) is 2. The molecule has 50 heavy (non-hydrogen) atoms. The molecule has 0 heterocycles. The summed E-state index contributed by atoms with van der Waals surface area (Å²) in [7, 11) is 1.86. The summed E-state index contributed by atoms with van der Waals surface area (Å²) in [6.07, 6.45) is 17.5. The molecule has 7 heteroatoms. The van der Waals surface area contributed by atoms with E-state index in [9.17, 15) is 25.2 Å². The van der Waals surface area contributed by atoms with Crippen LogP contribution in [-0.4, -0.2) is 77.8 Å². The summed E-state index contributed by atoms with van der Waals surface area (Å²) in [6, 6.07) is 10.9. The van der Waals surface area contributed by atoms with Gasteiger partial charge in [-0.25, -0.2) is 0 Å². The average Bonchev–Trinajstić information content (AvgIpc) is 3.45. The molecular weight excluding hydrogens is 624 g/mol. The van der Waals surface area contributed by atoms with Gasteiger partial charge in [-0.1, -0.05) is 90.1 Å². The van der Waals surface area contributed by atoms with Crippen LogP contribution in [0.15, 0.2) is 101 Å². The van der Waals surface area contributed by atoms with Gasteiger partial charge >= 0.3 is 0 Å². The van der Waals surface area contributed by atoms with Crippen molar-refractivity contribution in [3.05, 3.63) is 107 Å². The highest BCUT2D eigenvalue weighted by molar-refractivity contribution is 5.74. The molecule has 0 amide bonds. The van der Waals surface area contributed by atoms with E-state index in [-0.39, 0.29) is 36.9 Å². The molecule has 4 rings (SSSR count). The Morgan fingerprint density at radius 3 is 2.60 bits per heavy atom. The van der Waals surface area contributed by atoms with Crippen molar-refractivity contribution < 1.29 is 25.2 Å². The van der Waals surface area contributed by atoms with Crippen LogP contribution in [0.3, 0.4) is 0 Å². The first-order valence-electron chi connectivity index (χ1n) is 18.6. The summed E-state index contributed by atoms with van der Waals surface area (Å²) in [6.45, 7) is 11.6. The number of rotatable bonds is 18. The second-order valence-electron chi connectivity index (χ2n) is 15.1. The van der Waals surface area contributed by atoms with Gasteiger partial charge in [0, 0.05) is 36.4 Å². The second kappa shape index (κ2) is 18.5. The van der Waals surface area contributed by atoms with Crippen LogP contribution in [-0.2, 0) is 11.2 Å². The first kappa shape index (κ1) is 39.9. The number of fused-ring (bicyclic) bond motifs is 3. The van der Waals surface area contributed by atoms with Gasteiger partial charge in [-0.3, -0.25) is 4.79 Å². The molecule has 0 saturated heterocycles. The van der Waals surface area contributed by atoms with Crippen LogP contribution in [0, 0.1) is 29.1 Å². The molecule has 3 aliphatic rings. The summed E-state index contributed by atoms with van der Waals surface area (Å²) >= 11 is 0. The van der Waals surface area contributed by atoms with Gasteiger partial charge in [0.15, 0.2) is 0 Å². The van der Waals surface area contributed by atoms with Crippen molar-refractivity contribution >= 4 is 6.29 Å². The summed E-state index contributed by atoms with van der Waals surface area (Å²) in [5.74, 6) is -0.860. The molecule has 2 saturated carbocycles. The van der Waals surface area contributed by atoms with Crippen LogP contribution in [0.2, 0.25) is 0 Å². The van der Waals surface area contributed by atoms with Crippen molar-refractivity contribution in [1.82, 2.24) is 10.6 Å². The number of carbonyl (C=O) groups excluding carboxylic acids is 1. The molecule has 274 valence electrons. The van der Waals surface area contributed by atoms with Crippen LogP contribution in [0.25, 0.3) is 0 Å². The largest absolute Gasteiger partial charge is 0.396 e. The van der Waals surface area contributed by atoms with Crippen LogP contribution in [0.1, 0.15) is 71.3 Å². The molecule has 2 fully saturated rings. The van der Waals surface area contributed by atoms with Crippen molar-refractivity contribution in [3.63, 3.8) is 0 Å². The quantitative estimate of drug-likeness (QED) is 0.0501. The third-order valence-corrected chi connectivity index (χ3v) is 11.8. The van der Waals surface area contributed by atoms with Gasteiger partial charge in [0.1, 0.15) is 6.29 Å². The highest BCUT2D eigenvalue weighted by atomic mass is 16.3. The lowest BCUT2D eigenvalue weighted by Crippen LogP contribution is -2.65. The summed E-state index contributed by atoms with van der Waals surface area (Å²) in [5, 5.41) is 52.5. The lowest BCUT2D eigenvalue weighted by Gasteiger charge is -2.61. The highest BCUT2D eigenvalue weighted by Crippen LogP contribution is 2.67. The van der Waals surface area contributed by atoms with E-state index < -0.39 is 17.1 Å². The summed E-state index contributed by atoms with van der Waals surface area (Å²) < 4.78 is 0. The Bertz CT molecular complexity index is 1440. The highest BCUT2D eigenvalue weighted by Gasteiger charge is 2.68. The number of benzene rings is 1. The molecule has 0 aromatic heterocycles. The monoisotopic (exact) mass is 686 g/mol. The number of aliphatic hydroxyl groups is 4. The maximum Gasteiger partial charge on any atom is 0.145 e. The zero-order chi connectivity index (χ0) is 36.3. The summed E-state index contributed by atoms with van der Waals surface area (Å²) in [4.78, 5) is 12.2. The Kier molecular flexibility index (Phi) is 14.8. The van der Waals surface area contributed by atoms with Crippen LogP contribution >= 0.6 is 0 Å². The van der Waals surface area contributed by atoms with Crippen molar-refractivity contribution in [2.24, 2.45) is 29.1 Å². The molecular formula is C43H62N2O5. The van der Waals surface area contributed by atoms with E-state index >= 15 is 0 Å². The fourth-order valence-corrected chi connectivity index (χ4v) is 9.25. The number of allylic oxidation sites excluding steroid dienone is 9.